The van der Waals surface area contributed by atoms with Crippen LogP contribution in [0.1, 0.15) is 61.9 Å². The molecule has 0 saturated heterocycles. The van der Waals surface area contributed by atoms with Crippen LogP contribution in [-0.4, -0.2) is 29.2 Å². The van der Waals surface area contributed by atoms with Crippen LogP contribution in [-0.2, 0) is 18.0 Å². The normalized spacial score (nSPS) is 10.5. The molecule has 1 aromatic heterocycles. The fraction of sp³-hybridized carbons (Fsp3) is 0.706. The number of carbonyl (C=O) groups excluding carboxylic acids is 1. The molecule has 0 bridgehead atoms. The highest BCUT2D eigenvalue weighted by Crippen LogP contribution is 2.23. The smallest absolute Gasteiger partial charge is 0.340 e. The van der Waals surface area contributed by atoms with Crippen LogP contribution in [0.25, 0.3) is 0 Å². The van der Waals surface area contributed by atoms with Gasteiger partial charge in [-0.3, -0.25) is 5.32 Å². The third kappa shape index (κ3) is 6.63. The molecule has 0 atom stereocenters. The van der Waals surface area contributed by atoms with Crippen molar-refractivity contribution < 1.29 is 9.53 Å². The van der Waals surface area contributed by atoms with Crippen LogP contribution in [0.15, 0.2) is 0 Å². The van der Waals surface area contributed by atoms with Crippen LogP contribution in [0.4, 0.5) is 0 Å². The van der Waals surface area contributed by atoms with Gasteiger partial charge in [0, 0.05) is 30.0 Å². The van der Waals surface area contributed by atoms with Crippen LogP contribution in [0.3, 0.4) is 0 Å². The zero-order valence-corrected chi connectivity index (χ0v) is 17.5. The summed E-state index contributed by atoms with van der Waals surface area (Å²) < 4.78 is 7.39. The van der Waals surface area contributed by atoms with E-state index in [9.17, 15) is 4.79 Å². The first-order chi connectivity index (χ1) is 10.3. The topological polar surface area (TPSA) is 55.3 Å². The Morgan fingerprint density at radius 1 is 1.08 bits per heavy atom. The third-order valence-electron chi connectivity index (χ3n) is 3.72. The van der Waals surface area contributed by atoms with Crippen molar-refractivity contribution in [3.05, 3.63) is 22.5 Å². The van der Waals surface area contributed by atoms with Gasteiger partial charge in [-0.1, -0.05) is 13.8 Å². The van der Waals surface area contributed by atoms with Gasteiger partial charge in [-0.2, -0.15) is 0 Å². The van der Waals surface area contributed by atoms with E-state index in [0.717, 1.165) is 23.5 Å². The lowest BCUT2D eigenvalue weighted by atomic mass is 10.1. The zero-order valence-electron chi connectivity index (χ0n) is 15.9. The summed E-state index contributed by atoms with van der Waals surface area (Å²) in [6.07, 6.45) is 0. The number of ether oxygens (including phenoxy) is 1. The van der Waals surface area contributed by atoms with E-state index in [1.54, 1.807) is 0 Å². The second-order valence-electron chi connectivity index (χ2n) is 6.23. The van der Waals surface area contributed by atoms with Gasteiger partial charge in [-0.15, -0.1) is 24.8 Å². The summed E-state index contributed by atoms with van der Waals surface area (Å²) in [7, 11) is 0. The van der Waals surface area contributed by atoms with E-state index in [1.165, 1.54) is 0 Å². The predicted molar refractivity (Wildman–Crippen MR) is 105 cm³/mol. The maximum Gasteiger partial charge on any atom is 0.340 e. The molecule has 5 nitrogen and oxygen atoms in total. The molecular weight excluding hydrogens is 349 g/mol. The Labute approximate surface area is 158 Å². The Kier molecular flexibility index (Phi) is 12.5. The fourth-order valence-corrected chi connectivity index (χ4v) is 2.48. The SMILES string of the molecule is CCOC(=O)c1c(C)c(CNC(C)C)n(CNC(C)C)c1C.Cl.Cl. The maximum atomic E-state index is 12.3. The molecule has 0 amide bonds. The Bertz CT molecular complexity index is 479. The molecule has 1 heterocycles. The number of aromatic nitrogens is 1. The van der Waals surface area contributed by atoms with Gasteiger partial charge in [0.15, 0.2) is 0 Å². The van der Waals surface area contributed by atoms with Gasteiger partial charge in [0.05, 0.1) is 18.8 Å². The van der Waals surface area contributed by atoms with E-state index < -0.39 is 0 Å². The van der Waals surface area contributed by atoms with E-state index in [4.69, 9.17) is 4.74 Å². The van der Waals surface area contributed by atoms with Gasteiger partial charge in [0.1, 0.15) is 0 Å². The minimum absolute atomic E-state index is 0. The number of nitrogens with zero attached hydrogens (tertiary/aromatic N) is 1. The molecule has 24 heavy (non-hydrogen) atoms. The molecule has 2 N–H and O–H groups in total. The Balaban J connectivity index is 0. The standard InChI is InChI=1S/C17H31N3O2.2ClH/c1-8-22-17(21)16-13(6)15(9-18-11(2)3)20(14(16)7)10-19-12(4)5;;/h11-12,18-19H,8-10H2,1-7H3;2*1H. The first kappa shape index (κ1) is 25.5. The molecular formula is C17H33Cl2N3O2. The van der Waals surface area contributed by atoms with Crippen molar-refractivity contribution in [1.29, 1.82) is 0 Å². The van der Waals surface area contributed by atoms with Crippen LogP contribution >= 0.6 is 24.8 Å². The van der Waals surface area contributed by atoms with E-state index in [2.05, 4.69) is 42.9 Å². The van der Waals surface area contributed by atoms with Crippen molar-refractivity contribution in [3.8, 4) is 0 Å². The molecule has 1 aromatic rings. The molecule has 7 heteroatoms. The minimum atomic E-state index is -0.230. The van der Waals surface area contributed by atoms with Gasteiger partial charge in [-0.25, -0.2) is 4.79 Å². The number of halogens is 2. The second-order valence-corrected chi connectivity index (χ2v) is 6.23. The summed E-state index contributed by atoms with van der Waals surface area (Å²) in [4.78, 5) is 12.3. The van der Waals surface area contributed by atoms with Gasteiger partial charge in [-0.05, 0) is 40.2 Å². The maximum absolute atomic E-state index is 12.3. The molecule has 0 unspecified atom stereocenters. The Morgan fingerprint density at radius 3 is 2.08 bits per heavy atom. The van der Waals surface area contributed by atoms with Crippen LogP contribution in [0, 0.1) is 13.8 Å². The summed E-state index contributed by atoms with van der Waals surface area (Å²) in [6, 6.07) is 0.784. The average Bonchev–Trinajstić information content (AvgIpc) is 2.65. The number of nitrogens with one attached hydrogen (secondary N) is 2. The van der Waals surface area contributed by atoms with Crippen molar-refractivity contribution >= 4 is 30.8 Å². The molecule has 0 spiro atoms. The number of esters is 1. The lowest BCUT2D eigenvalue weighted by molar-refractivity contribution is 0.0524. The first-order valence-electron chi connectivity index (χ1n) is 8.11. The van der Waals surface area contributed by atoms with Crippen molar-refractivity contribution in [2.24, 2.45) is 0 Å². The summed E-state index contributed by atoms with van der Waals surface area (Å²) in [5.41, 5.74) is 3.81. The van der Waals surface area contributed by atoms with Gasteiger partial charge in [0.25, 0.3) is 0 Å². The molecule has 0 radical (unpaired) electrons. The summed E-state index contributed by atoms with van der Waals surface area (Å²) >= 11 is 0. The lowest BCUT2D eigenvalue weighted by Crippen LogP contribution is -2.29. The Morgan fingerprint density at radius 2 is 1.62 bits per heavy atom. The molecule has 0 aliphatic heterocycles. The molecule has 0 fully saturated rings. The van der Waals surface area contributed by atoms with Crippen molar-refractivity contribution in [2.45, 2.75) is 73.8 Å². The highest BCUT2D eigenvalue weighted by Gasteiger charge is 2.23. The van der Waals surface area contributed by atoms with E-state index in [1.807, 2.05) is 20.8 Å². The lowest BCUT2D eigenvalue weighted by Gasteiger charge is -2.17. The Hall–Kier alpha value is -0.750. The van der Waals surface area contributed by atoms with Crippen LogP contribution in [0.2, 0.25) is 0 Å². The molecule has 142 valence electrons. The van der Waals surface area contributed by atoms with Crippen molar-refractivity contribution in [2.75, 3.05) is 6.61 Å². The summed E-state index contributed by atoms with van der Waals surface area (Å²) in [6.45, 7) is 16.1. The highest BCUT2D eigenvalue weighted by molar-refractivity contribution is 5.93. The van der Waals surface area contributed by atoms with Crippen LogP contribution in [0.5, 0.6) is 0 Å². The quantitative estimate of drug-likeness (QED) is 0.675. The van der Waals surface area contributed by atoms with E-state index >= 15 is 0 Å². The predicted octanol–water partition coefficient (Wildman–Crippen LogP) is 3.58. The van der Waals surface area contributed by atoms with Gasteiger partial charge >= 0.3 is 5.97 Å². The van der Waals surface area contributed by atoms with Gasteiger partial charge in [0.2, 0.25) is 0 Å². The number of carbonyl (C=O) groups is 1. The van der Waals surface area contributed by atoms with Crippen molar-refractivity contribution in [3.63, 3.8) is 0 Å². The molecule has 0 aliphatic carbocycles. The first-order valence-corrected chi connectivity index (χ1v) is 8.11. The molecule has 0 aromatic carbocycles. The largest absolute Gasteiger partial charge is 0.462 e. The molecule has 1 rings (SSSR count). The van der Waals surface area contributed by atoms with E-state index in [0.29, 0.717) is 30.9 Å². The fourth-order valence-electron chi connectivity index (χ4n) is 2.48. The van der Waals surface area contributed by atoms with Crippen LogP contribution < -0.4 is 10.6 Å². The third-order valence-corrected chi connectivity index (χ3v) is 3.72. The molecule has 0 saturated carbocycles. The monoisotopic (exact) mass is 381 g/mol. The van der Waals surface area contributed by atoms with Crippen molar-refractivity contribution in [1.82, 2.24) is 15.2 Å². The van der Waals surface area contributed by atoms with Gasteiger partial charge < -0.3 is 14.6 Å². The average molecular weight is 382 g/mol. The molecule has 0 aliphatic rings. The summed E-state index contributed by atoms with van der Waals surface area (Å²) in [5.74, 6) is -0.230. The summed E-state index contributed by atoms with van der Waals surface area (Å²) in [5, 5.41) is 6.87. The number of hydrogen-bond donors (Lipinski definition) is 2. The number of rotatable bonds is 8. The van der Waals surface area contributed by atoms with E-state index in [-0.39, 0.29) is 30.8 Å². The zero-order chi connectivity index (χ0) is 16.9. The second kappa shape index (κ2) is 11.7. The highest BCUT2D eigenvalue weighted by atomic mass is 35.5. The number of hydrogen-bond acceptors (Lipinski definition) is 4. The minimum Gasteiger partial charge on any atom is -0.462 e.